The average molecular weight is 564 g/mol. The molecule has 0 spiro atoms. The molecule has 0 aliphatic rings. The lowest BCUT2D eigenvalue weighted by molar-refractivity contribution is -0.386. The third-order valence-corrected chi connectivity index (χ3v) is 6.04. The van der Waals surface area contributed by atoms with E-state index < -0.39 is 16.2 Å². The third kappa shape index (κ3) is 4.89. The molecule has 172 valence electrons. The summed E-state index contributed by atoms with van der Waals surface area (Å²) in [7, 11) is 0. The van der Waals surface area contributed by atoms with Crippen molar-refractivity contribution in [2.45, 2.75) is 6.61 Å². The van der Waals surface area contributed by atoms with Crippen LogP contribution in [0.2, 0.25) is 10.0 Å². The summed E-state index contributed by atoms with van der Waals surface area (Å²) in [6.07, 6.45) is 1.17. The Hall–Kier alpha value is -3.47. The van der Waals surface area contributed by atoms with Crippen molar-refractivity contribution in [2.24, 2.45) is 5.10 Å². The van der Waals surface area contributed by atoms with Crippen LogP contribution in [0.3, 0.4) is 0 Å². The fourth-order valence-corrected chi connectivity index (χ4v) is 4.02. The maximum absolute atomic E-state index is 12.6. The lowest BCUT2D eigenvalue weighted by Gasteiger charge is -2.10. The molecule has 4 aromatic rings. The molecule has 1 heterocycles. The maximum Gasteiger partial charge on any atom is 0.349 e. The summed E-state index contributed by atoms with van der Waals surface area (Å²) >= 11 is 15.2. The minimum absolute atomic E-state index is 0.00558. The highest BCUT2D eigenvalue weighted by molar-refractivity contribution is 9.10. The number of ether oxygens (including phenoxy) is 1. The summed E-state index contributed by atoms with van der Waals surface area (Å²) in [6.45, 7) is 0.00558. The standard InChI is InChI=1S/C22H13BrCl2N4O5/c23-15-7-13(10-26-28-21(30)14-3-1-2-4-18(14)27-22(28)31)9-19(29(32)33)20(15)34-11-12-5-6-16(24)17(25)8-12/h1-10H,11H2,(H,27,31). The molecule has 0 fully saturated rings. The second-order valence-electron chi connectivity index (χ2n) is 6.98. The highest BCUT2D eigenvalue weighted by Crippen LogP contribution is 2.37. The molecule has 0 aliphatic heterocycles. The molecule has 0 saturated carbocycles. The van der Waals surface area contributed by atoms with Crippen LogP contribution in [0, 0.1) is 10.1 Å². The Morgan fingerprint density at radius 2 is 1.88 bits per heavy atom. The lowest BCUT2D eigenvalue weighted by atomic mass is 10.2. The molecule has 0 bridgehead atoms. The zero-order valence-corrected chi connectivity index (χ0v) is 20.1. The summed E-state index contributed by atoms with van der Waals surface area (Å²) in [5, 5.41) is 16.6. The van der Waals surface area contributed by atoms with E-state index in [2.05, 4.69) is 26.0 Å². The molecule has 0 saturated heterocycles. The number of rotatable bonds is 6. The van der Waals surface area contributed by atoms with Gasteiger partial charge in [0.25, 0.3) is 5.56 Å². The first kappa shape index (κ1) is 23.7. The van der Waals surface area contributed by atoms with Crippen LogP contribution in [-0.4, -0.2) is 20.8 Å². The number of para-hydroxylation sites is 1. The molecular formula is C22H13BrCl2N4O5. The van der Waals surface area contributed by atoms with Crippen molar-refractivity contribution in [1.29, 1.82) is 0 Å². The number of nitrogens with one attached hydrogen (secondary N) is 1. The van der Waals surface area contributed by atoms with E-state index in [1.807, 2.05) is 0 Å². The van der Waals surface area contributed by atoms with Gasteiger partial charge < -0.3 is 9.72 Å². The quantitative estimate of drug-likeness (QED) is 0.198. The van der Waals surface area contributed by atoms with Crippen molar-refractivity contribution in [3.63, 3.8) is 0 Å². The van der Waals surface area contributed by atoms with Gasteiger partial charge in [0.15, 0.2) is 0 Å². The number of halogens is 3. The highest BCUT2D eigenvalue weighted by atomic mass is 79.9. The van der Waals surface area contributed by atoms with Crippen LogP contribution >= 0.6 is 39.1 Å². The summed E-state index contributed by atoms with van der Waals surface area (Å²) < 4.78 is 6.60. The van der Waals surface area contributed by atoms with E-state index in [1.54, 1.807) is 42.5 Å². The lowest BCUT2D eigenvalue weighted by Crippen LogP contribution is -2.32. The van der Waals surface area contributed by atoms with Gasteiger partial charge in [-0.1, -0.05) is 41.4 Å². The van der Waals surface area contributed by atoms with Gasteiger partial charge >= 0.3 is 11.4 Å². The minimum atomic E-state index is -0.741. The van der Waals surface area contributed by atoms with Crippen molar-refractivity contribution >= 4 is 61.9 Å². The topological polar surface area (TPSA) is 120 Å². The first-order chi connectivity index (χ1) is 16.2. The zero-order chi connectivity index (χ0) is 24.4. The summed E-state index contributed by atoms with van der Waals surface area (Å²) in [5.41, 5.74) is -0.390. The number of aromatic amines is 1. The molecule has 3 aromatic carbocycles. The molecule has 9 nitrogen and oxygen atoms in total. The van der Waals surface area contributed by atoms with Crippen LogP contribution < -0.4 is 16.0 Å². The van der Waals surface area contributed by atoms with Crippen LogP contribution in [0.1, 0.15) is 11.1 Å². The smallest absolute Gasteiger partial charge is 0.349 e. The van der Waals surface area contributed by atoms with E-state index in [4.69, 9.17) is 27.9 Å². The molecule has 1 N–H and O–H groups in total. The molecule has 0 unspecified atom stereocenters. The van der Waals surface area contributed by atoms with Crippen LogP contribution in [0.5, 0.6) is 5.75 Å². The number of aromatic nitrogens is 2. The monoisotopic (exact) mass is 562 g/mol. The van der Waals surface area contributed by atoms with Gasteiger partial charge in [-0.05, 0) is 51.8 Å². The van der Waals surface area contributed by atoms with Crippen LogP contribution in [-0.2, 0) is 6.61 Å². The van der Waals surface area contributed by atoms with Crippen LogP contribution in [0.25, 0.3) is 10.9 Å². The van der Waals surface area contributed by atoms with E-state index in [9.17, 15) is 19.7 Å². The fourth-order valence-electron chi connectivity index (χ4n) is 3.12. The zero-order valence-electron chi connectivity index (χ0n) is 17.0. The Morgan fingerprint density at radius 3 is 2.62 bits per heavy atom. The maximum atomic E-state index is 12.6. The summed E-state index contributed by atoms with van der Waals surface area (Å²) in [6, 6.07) is 14.1. The number of nitro groups is 1. The number of benzene rings is 3. The number of fused-ring (bicyclic) bond motifs is 1. The van der Waals surface area contributed by atoms with E-state index in [-0.39, 0.29) is 33.5 Å². The van der Waals surface area contributed by atoms with Crippen molar-refractivity contribution in [2.75, 3.05) is 0 Å². The highest BCUT2D eigenvalue weighted by Gasteiger charge is 2.20. The molecule has 34 heavy (non-hydrogen) atoms. The molecule has 0 aliphatic carbocycles. The molecule has 0 radical (unpaired) electrons. The summed E-state index contributed by atoms with van der Waals surface area (Å²) in [5.74, 6) is -0.00561. The fraction of sp³-hybridized carbons (Fsp3) is 0.0455. The Morgan fingerprint density at radius 1 is 1.12 bits per heavy atom. The second kappa shape index (κ2) is 9.80. The van der Waals surface area contributed by atoms with E-state index in [0.29, 0.717) is 25.8 Å². The Kier molecular flexibility index (Phi) is 6.82. The number of hydrogen-bond acceptors (Lipinski definition) is 6. The van der Waals surface area contributed by atoms with Crippen LogP contribution in [0.4, 0.5) is 5.69 Å². The summed E-state index contributed by atoms with van der Waals surface area (Å²) in [4.78, 5) is 38.5. The van der Waals surface area contributed by atoms with Gasteiger partial charge in [-0.15, -0.1) is 4.68 Å². The predicted octanol–water partition coefficient (Wildman–Crippen LogP) is 5.13. The van der Waals surface area contributed by atoms with Crippen molar-refractivity contribution in [3.05, 3.63) is 111 Å². The normalized spacial score (nSPS) is 11.3. The minimum Gasteiger partial charge on any atom is -0.481 e. The van der Waals surface area contributed by atoms with Gasteiger partial charge in [-0.2, -0.15) is 5.10 Å². The number of H-pyrrole nitrogens is 1. The van der Waals surface area contributed by atoms with E-state index in [1.165, 1.54) is 18.3 Å². The Bertz CT molecular complexity index is 1580. The van der Waals surface area contributed by atoms with Gasteiger partial charge in [0.2, 0.25) is 5.75 Å². The van der Waals surface area contributed by atoms with Gasteiger partial charge in [-0.25, -0.2) is 4.79 Å². The van der Waals surface area contributed by atoms with Crippen molar-refractivity contribution in [3.8, 4) is 5.75 Å². The number of nitrogens with zero attached hydrogens (tertiary/aromatic N) is 3. The van der Waals surface area contributed by atoms with Gasteiger partial charge in [0, 0.05) is 11.6 Å². The first-order valence-corrected chi connectivity index (χ1v) is 11.1. The van der Waals surface area contributed by atoms with E-state index >= 15 is 0 Å². The second-order valence-corrected chi connectivity index (χ2v) is 8.65. The van der Waals surface area contributed by atoms with Gasteiger partial charge in [0.1, 0.15) is 6.61 Å². The molecule has 12 heteroatoms. The van der Waals surface area contributed by atoms with Gasteiger partial charge in [-0.3, -0.25) is 14.9 Å². The average Bonchev–Trinajstić information content (AvgIpc) is 2.80. The molecule has 1 aromatic heterocycles. The number of nitro benzene ring substituents is 1. The molecule has 0 atom stereocenters. The third-order valence-electron chi connectivity index (χ3n) is 4.72. The molecule has 0 amide bonds. The first-order valence-electron chi connectivity index (χ1n) is 9.57. The number of hydrogen-bond donors (Lipinski definition) is 1. The Balaban J connectivity index is 1.67. The SMILES string of the molecule is O=c1[nH]c2ccccc2c(=O)n1N=Cc1cc(Br)c(OCc2ccc(Cl)c(Cl)c2)c([N+](=O)[O-])c1. The van der Waals surface area contributed by atoms with Crippen molar-refractivity contribution in [1.82, 2.24) is 9.66 Å². The Labute approximate surface area is 209 Å². The van der Waals surface area contributed by atoms with Crippen molar-refractivity contribution < 1.29 is 9.66 Å². The van der Waals surface area contributed by atoms with Gasteiger partial charge in [0.05, 0.1) is 36.6 Å². The predicted molar refractivity (Wildman–Crippen MR) is 133 cm³/mol. The van der Waals surface area contributed by atoms with E-state index in [0.717, 1.165) is 0 Å². The van der Waals surface area contributed by atoms with Crippen LogP contribution in [0.15, 0.2) is 73.8 Å². The largest absolute Gasteiger partial charge is 0.481 e. The molecular weight excluding hydrogens is 551 g/mol. The molecule has 4 rings (SSSR count).